The van der Waals surface area contributed by atoms with Gasteiger partial charge < -0.3 is 0 Å². The summed E-state index contributed by atoms with van der Waals surface area (Å²) in [7, 11) is 0. The highest BCUT2D eigenvalue weighted by atomic mass is 32.2. The highest BCUT2D eigenvalue weighted by molar-refractivity contribution is 7.98. The summed E-state index contributed by atoms with van der Waals surface area (Å²) in [5.74, 6) is 0. The van der Waals surface area contributed by atoms with Crippen LogP contribution >= 0.6 is 11.9 Å². The molecular formula is C21H16N2S. The Labute approximate surface area is 145 Å². The summed E-state index contributed by atoms with van der Waals surface area (Å²) in [5.41, 5.74) is 3.52. The molecule has 0 spiro atoms. The Bertz CT molecular complexity index is 987. The summed E-state index contributed by atoms with van der Waals surface area (Å²) in [6.45, 7) is 0. The molecular weight excluding hydrogens is 312 g/mol. The molecule has 0 saturated carbocycles. The van der Waals surface area contributed by atoms with E-state index >= 15 is 0 Å². The monoisotopic (exact) mass is 328 g/mol. The first-order valence-corrected chi connectivity index (χ1v) is 8.60. The zero-order valence-electron chi connectivity index (χ0n) is 13.0. The van der Waals surface area contributed by atoms with E-state index in [2.05, 4.69) is 77.9 Å². The maximum atomic E-state index is 4.48. The third-order valence-electron chi connectivity index (χ3n) is 3.76. The zero-order chi connectivity index (χ0) is 16.2. The SMILES string of the molecule is C(=Cc1cccc(Sn2ncc3ccccc32)c1)c1ccccc1. The van der Waals surface area contributed by atoms with Gasteiger partial charge in [0, 0.05) is 22.2 Å². The quantitative estimate of drug-likeness (QED) is 0.443. The van der Waals surface area contributed by atoms with E-state index < -0.39 is 0 Å². The summed E-state index contributed by atoms with van der Waals surface area (Å²) in [6.07, 6.45) is 6.18. The van der Waals surface area contributed by atoms with E-state index in [4.69, 9.17) is 0 Å². The highest BCUT2D eigenvalue weighted by Gasteiger charge is 2.03. The number of fused-ring (bicyclic) bond motifs is 1. The van der Waals surface area contributed by atoms with Crippen LogP contribution in [0.4, 0.5) is 0 Å². The van der Waals surface area contributed by atoms with Gasteiger partial charge in [-0.25, -0.2) is 4.09 Å². The van der Waals surface area contributed by atoms with Gasteiger partial charge in [-0.05, 0) is 29.3 Å². The Hall–Kier alpha value is -2.78. The second-order valence-corrected chi connectivity index (χ2v) is 6.48. The zero-order valence-corrected chi connectivity index (χ0v) is 13.9. The van der Waals surface area contributed by atoms with E-state index in [1.54, 1.807) is 11.9 Å². The van der Waals surface area contributed by atoms with Gasteiger partial charge in [0.1, 0.15) is 0 Å². The van der Waals surface area contributed by atoms with Crippen molar-refractivity contribution < 1.29 is 0 Å². The van der Waals surface area contributed by atoms with Crippen LogP contribution in [0.15, 0.2) is 90.0 Å². The molecule has 0 N–H and O–H groups in total. The largest absolute Gasteiger partial charge is 0.201 e. The van der Waals surface area contributed by atoms with Crippen LogP contribution in [0.3, 0.4) is 0 Å². The molecule has 3 heteroatoms. The van der Waals surface area contributed by atoms with Crippen molar-refractivity contribution in [1.82, 2.24) is 9.19 Å². The van der Waals surface area contributed by atoms with Gasteiger partial charge in [-0.2, -0.15) is 5.10 Å². The lowest BCUT2D eigenvalue weighted by atomic mass is 10.1. The molecule has 4 rings (SSSR count). The molecule has 0 aliphatic rings. The number of benzene rings is 3. The van der Waals surface area contributed by atoms with E-state index in [-0.39, 0.29) is 0 Å². The van der Waals surface area contributed by atoms with Gasteiger partial charge in [0.05, 0.1) is 11.7 Å². The molecule has 2 nitrogen and oxygen atoms in total. The van der Waals surface area contributed by atoms with Crippen LogP contribution in [0.25, 0.3) is 23.1 Å². The lowest BCUT2D eigenvalue weighted by Crippen LogP contribution is -1.88. The molecule has 116 valence electrons. The molecule has 24 heavy (non-hydrogen) atoms. The first kappa shape index (κ1) is 14.8. The molecule has 4 aromatic rings. The summed E-state index contributed by atoms with van der Waals surface area (Å²) in [6, 6.07) is 27.1. The average molecular weight is 328 g/mol. The smallest absolute Gasteiger partial charge is 0.0815 e. The Balaban J connectivity index is 1.58. The van der Waals surface area contributed by atoms with E-state index in [1.807, 2.05) is 28.5 Å². The first-order valence-electron chi connectivity index (χ1n) is 7.83. The molecule has 0 amide bonds. The van der Waals surface area contributed by atoms with Gasteiger partial charge in [-0.1, -0.05) is 72.8 Å². The fourth-order valence-corrected chi connectivity index (χ4v) is 3.44. The van der Waals surface area contributed by atoms with Crippen molar-refractivity contribution in [3.8, 4) is 0 Å². The summed E-state index contributed by atoms with van der Waals surface area (Å²) in [4.78, 5) is 1.17. The minimum absolute atomic E-state index is 1.13. The van der Waals surface area contributed by atoms with Crippen LogP contribution in [-0.2, 0) is 0 Å². The molecule has 0 fully saturated rings. The van der Waals surface area contributed by atoms with Crippen LogP contribution in [0.1, 0.15) is 11.1 Å². The van der Waals surface area contributed by atoms with Crippen molar-refractivity contribution in [2.45, 2.75) is 4.90 Å². The Morgan fingerprint density at radius 1 is 0.750 bits per heavy atom. The van der Waals surface area contributed by atoms with Crippen LogP contribution in [0, 0.1) is 0 Å². The number of nitrogens with zero attached hydrogens (tertiary/aromatic N) is 2. The van der Waals surface area contributed by atoms with Gasteiger partial charge in [0.15, 0.2) is 0 Å². The molecule has 0 saturated heterocycles. The van der Waals surface area contributed by atoms with Crippen LogP contribution in [0.2, 0.25) is 0 Å². The Morgan fingerprint density at radius 3 is 2.42 bits per heavy atom. The third kappa shape index (κ3) is 3.26. The van der Waals surface area contributed by atoms with E-state index in [9.17, 15) is 0 Å². The van der Waals surface area contributed by atoms with Gasteiger partial charge in [0.2, 0.25) is 0 Å². The molecule has 3 aromatic carbocycles. The van der Waals surface area contributed by atoms with Crippen molar-refractivity contribution >= 4 is 35.0 Å². The van der Waals surface area contributed by atoms with Crippen LogP contribution < -0.4 is 0 Å². The van der Waals surface area contributed by atoms with Gasteiger partial charge in [0.25, 0.3) is 0 Å². The number of hydrogen-bond acceptors (Lipinski definition) is 2. The second kappa shape index (κ2) is 6.77. The molecule has 0 atom stereocenters. The van der Waals surface area contributed by atoms with Gasteiger partial charge in [-0.15, -0.1) is 0 Å². The predicted octanol–water partition coefficient (Wildman–Crippen LogP) is 5.76. The van der Waals surface area contributed by atoms with E-state index in [0.717, 1.165) is 10.9 Å². The van der Waals surface area contributed by atoms with Crippen LogP contribution in [-0.4, -0.2) is 9.19 Å². The number of hydrogen-bond donors (Lipinski definition) is 0. The number of para-hydroxylation sites is 1. The summed E-state index contributed by atoms with van der Waals surface area (Å²) in [5, 5.41) is 5.63. The number of rotatable bonds is 4. The standard InChI is InChI=1S/C21H16N2S/c1-2-7-17(8-3-1)13-14-18-9-6-11-20(15-18)24-23-21-12-5-4-10-19(21)16-22-23/h1-16H. The molecule has 1 heterocycles. The van der Waals surface area contributed by atoms with Crippen molar-refractivity contribution in [2.24, 2.45) is 0 Å². The highest BCUT2D eigenvalue weighted by Crippen LogP contribution is 2.25. The van der Waals surface area contributed by atoms with Gasteiger partial charge in [-0.3, -0.25) is 0 Å². The lowest BCUT2D eigenvalue weighted by Gasteiger charge is -2.04. The minimum atomic E-state index is 1.13. The maximum absolute atomic E-state index is 4.48. The molecule has 0 unspecified atom stereocenters. The topological polar surface area (TPSA) is 17.8 Å². The summed E-state index contributed by atoms with van der Waals surface area (Å²) >= 11 is 1.63. The van der Waals surface area contributed by atoms with Crippen LogP contribution in [0.5, 0.6) is 0 Å². The lowest BCUT2D eigenvalue weighted by molar-refractivity contribution is 1.04. The van der Waals surface area contributed by atoms with Crippen molar-refractivity contribution in [3.63, 3.8) is 0 Å². The molecule has 1 aromatic heterocycles. The van der Waals surface area contributed by atoms with Gasteiger partial charge >= 0.3 is 0 Å². The van der Waals surface area contributed by atoms with Crippen molar-refractivity contribution in [1.29, 1.82) is 0 Å². The van der Waals surface area contributed by atoms with Crippen molar-refractivity contribution in [2.75, 3.05) is 0 Å². The fraction of sp³-hybridized carbons (Fsp3) is 0. The second-order valence-electron chi connectivity index (χ2n) is 5.48. The Morgan fingerprint density at radius 2 is 1.50 bits per heavy atom. The minimum Gasteiger partial charge on any atom is -0.201 e. The fourth-order valence-electron chi connectivity index (χ4n) is 2.55. The number of aromatic nitrogens is 2. The normalized spacial score (nSPS) is 11.3. The summed E-state index contributed by atoms with van der Waals surface area (Å²) < 4.78 is 1.97. The average Bonchev–Trinajstić information content (AvgIpc) is 3.04. The first-order chi connectivity index (χ1) is 11.9. The Kier molecular flexibility index (Phi) is 4.17. The third-order valence-corrected chi connectivity index (χ3v) is 4.69. The molecule has 0 aliphatic carbocycles. The van der Waals surface area contributed by atoms with Crippen molar-refractivity contribution in [3.05, 3.63) is 96.2 Å². The predicted molar refractivity (Wildman–Crippen MR) is 103 cm³/mol. The molecule has 0 bridgehead atoms. The van der Waals surface area contributed by atoms with E-state index in [0.29, 0.717) is 0 Å². The molecule has 0 aliphatic heterocycles. The molecule has 0 radical (unpaired) electrons. The van der Waals surface area contributed by atoms with E-state index in [1.165, 1.54) is 16.0 Å². The maximum Gasteiger partial charge on any atom is 0.0815 e.